The van der Waals surface area contributed by atoms with Gasteiger partial charge in [0.15, 0.2) is 15.8 Å². The molecule has 0 aliphatic carbocycles. The van der Waals surface area contributed by atoms with Crippen LogP contribution >= 0.6 is 0 Å². The van der Waals surface area contributed by atoms with Crippen molar-refractivity contribution in [2.45, 2.75) is 26.3 Å². The van der Waals surface area contributed by atoms with Crippen molar-refractivity contribution in [3.8, 4) is 0 Å². The summed E-state index contributed by atoms with van der Waals surface area (Å²) >= 11 is 0. The Morgan fingerprint density at radius 2 is 2.08 bits per heavy atom. The van der Waals surface area contributed by atoms with Crippen LogP contribution in [0.4, 0.5) is 5.82 Å². The summed E-state index contributed by atoms with van der Waals surface area (Å²) in [7, 11) is -2.85. The normalized spacial score (nSPS) is 23.5. The van der Waals surface area contributed by atoms with E-state index in [1.807, 2.05) is 24.4 Å². The van der Waals surface area contributed by atoms with E-state index in [0.717, 1.165) is 44.4 Å². The molecule has 26 heavy (non-hydrogen) atoms. The molecule has 1 unspecified atom stereocenters. The molecule has 7 nitrogen and oxygen atoms in total. The lowest BCUT2D eigenvalue weighted by Gasteiger charge is -2.37. The van der Waals surface area contributed by atoms with Gasteiger partial charge in [-0.15, -0.1) is 0 Å². The third-order valence-corrected chi connectivity index (χ3v) is 6.63. The maximum Gasteiger partial charge on any atom is 0.194 e. The highest BCUT2D eigenvalue weighted by Crippen LogP contribution is 2.19. The number of hydrogen-bond donors (Lipinski definition) is 1. The van der Waals surface area contributed by atoms with Crippen molar-refractivity contribution in [3.05, 3.63) is 24.4 Å². The number of guanidine groups is 1. The number of hydrogen-bond acceptors (Lipinski definition) is 5. The van der Waals surface area contributed by atoms with Crippen LogP contribution in [-0.2, 0) is 9.84 Å². The molecule has 3 heterocycles. The number of piperazine rings is 1. The molecule has 1 N–H and O–H groups in total. The van der Waals surface area contributed by atoms with E-state index in [9.17, 15) is 8.42 Å². The van der Waals surface area contributed by atoms with E-state index in [0.29, 0.717) is 12.3 Å². The Balaban J connectivity index is 1.60. The summed E-state index contributed by atoms with van der Waals surface area (Å²) in [4.78, 5) is 13.7. The maximum absolute atomic E-state index is 11.6. The molecule has 144 valence electrons. The molecular weight excluding hydrogens is 350 g/mol. The SMILES string of the molecule is CC(C)NC(=NCC1CCS(=O)(=O)C1)N1CCN(c2ccccn2)CC1. The molecule has 2 aliphatic heterocycles. The summed E-state index contributed by atoms with van der Waals surface area (Å²) in [6, 6.07) is 6.27. The molecule has 0 saturated carbocycles. The highest BCUT2D eigenvalue weighted by Gasteiger charge is 2.28. The third-order valence-electron chi connectivity index (χ3n) is 4.80. The summed E-state index contributed by atoms with van der Waals surface area (Å²) in [6.45, 7) is 8.31. The van der Waals surface area contributed by atoms with E-state index < -0.39 is 9.84 Å². The van der Waals surface area contributed by atoms with Crippen molar-refractivity contribution in [3.63, 3.8) is 0 Å². The summed E-state index contributed by atoms with van der Waals surface area (Å²) in [5.74, 6) is 2.64. The number of sulfone groups is 1. The molecule has 3 rings (SSSR count). The fraction of sp³-hybridized carbons (Fsp3) is 0.667. The molecule has 8 heteroatoms. The zero-order chi connectivity index (χ0) is 18.6. The van der Waals surface area contributed by atoms with Crippen LogP contribution in [-0.4, -0.2) is 74.5 Å². The molecule has 1 aromatic heterocycles. The summed E-state index contributed by atoms with van der Waals surface area (Å²) in [5, 5.41) is 3.44. The first-order valence-electron chi connectivity index (χ1n) is 9.35. The van der Waals surface area contributed by atoms with Gasteiger partial charge >= 0.3 is 0 Å². The molecule has 2 saturated heterocycles. The van der Waals surface area contributed by atoms with Gasteiger partial charge in [-0.25, -0.2) is 13.4 Å². The Bertz CT molecular complexity index is 712. The summed E-state index contributed by atoms with van der Waals surface area (Å²) in [5.41, 5.74) is 0. The zero-order valence-corrected chi connectivity index (χ0v) is 16.5. The topological polar surface area (TPSA) is 77.9 Å². The Morgan fingerprint density at radius 3 is 2.65 bits per heavy atom. The number of aromatic nitrogens is 1. The zero-order valence-electron chi connectivity index (χ0n) is 15.6. The second-order valence-electron chi connectivity index (χ2n) is 7.39. The van der Waals surface area contributed by atoms with Crippen molar-refractivity contribution in [2.24, 2.45) is 10.9 Å². The lowest BCUT2D eigenvalue weighted by atomic mass is 10.1. The fourth-order valence-corrected chi connectivity index (χ4v) is 5.26. The maximum atomic E-state index is 11.6. The number of rotatable bonds is 4. The first kappa shape index (κ1) is 18.9. The van der Waals surface area contributed by atoms with Gasteiger partial charge in [0.25, 0.3) is 0 Å². The van der Waals surface area contributed by atoms with Gasteiger partial charge in [0, 0.05) is 45.0 Å². The van der Waals surface area contributed by atoms with Crippen LogP contribution in [0.3, 0.4) is 0 Å². The third kappa shape index (κ3) is 5.09. The van der Waals surface area contributed by atoms with Crippen molar-refractivity contribution < 1.29 is 8.42 Å². The van der Waals surface area contributed by atoms with Gasteiger partial charge in [-0.2, -0.15) is 0 Å². The van der Waals surface area contributed by atoms with Crippen LogP contribution < -0.4 is 10.2 Å². The van der Waals surface area contributed by atoms with E-state index in [1.54, 1.807) is 0 Å². The molecular formula is C18H29N5O2S. The molecule has 2 aliphatic rings. The average molecular weight is 380 g/mol. The van der Waals surface area contributed by atoms with Crippen molar-refractivity contribution in [1.29, 1.82) is 0 Å². The van der Waals surface area contributed by atoms with E-state index in [1.165, 1.54) is 0 Å². The minimum atomic E-state index is -2.85. The quantitative estimate of drug-likeness (QED) is 0.621. The second kappa shape index (κ2) is 8.24. The van der Waals surface area contributed by atoms with Crippen LogP contribution in [0.5, 0.6) is 0 Å². The van der Waals surface area contributed by atoms with Crippen molar-refractivity contribution >= 4 is 21.6 Å². The summed E-state index contributed by atoms with van der Waals surface area (Å²) in [6.07, 6.45) is 2.55. The van der Waals surface area contributed by atoms with E-state index in [-0.39, 0.29) is 17.7 Å². The number of anilines is 1. The number of nitrogens with zero attached hydrogens (tertiary/aromatic N) is 4. The largest absolute Gasteiger partial charge is 0.354 e. The van der Waals surface area contributed by atoms with Gasteiger partial charge < -0.3 is 15.1 Å². The molecule has 0 bridgehead atoms. The van der Waals surface area contributed by atoms with Gasteiger partial charge in [0.2, 0.25) is 0 Å². The number of nitrogens with one attached hydrogen (secondary N) is 1. The first-order valence-corrected chi connectivity index (χ1v) is 11.2. The minimum absolute atomic E-state index is 0.152. The van der Waals surface area contributed by atoms with Gasteiger partial charge in [0.1, 0.15) is 5.82 Å². The lowest BCUT2D eigenvalue weighted by molar-refractivity contribution is 0.366. The molecule has 2 fully saturated rings. The van der Waals surface area contributed by atoms with Crippen LogP contribution in [0.2, 0.25) is 0 Å². The van der Waals surface area contributed by atoms with Crippen molar-refractivity contribution in [2.75, 3.05) is 49.1 Å². The van der Waals surface area contributed by atoms with Crippen LogP contribution in [0.1, 0.15) is 20.3 Å². The van der Waals surface area contributed by atoms with E-state index in [4.69, 9.17) is 4.99 Å². The Labute approximate surface area is 156 Å². The van der Waals surface area contributed by atoms with E-state index in [2.05, 4.69) is 33.9 Å². The Kier molecular flexibility index (Phi) is 6.01. The fourth-order valence-electron chi connectivity index (χ4n) is 3.41. The standard InChI is InChI=1S/C18H29N5O2S/c1-15(2)21-18(20-13-16-6-12-26(24,25)14-16)23-10-8-22(9-11-23)17-5-3-4-7-19-17/h3-5,7,15-16H,6,8-14H2,1-2H3,(H,20,21). The van der Waals surface area contributed by atoms with Crippen LogP contribution in [0.15, 0.2) is 29.4 Å². The molecule has 0 amide bonds. The smallest absolute Gasteiger partial charge is 0.194 e. The van der Waals surface area contributed by atoms with E-state index >= 15 is 0 Å². The molecule has 1 atom stereocenters. The first-order chi connectivity index (χ1) is 12.4. The van der Waals surface area contributed by atoms with Gasteiger partial charge in [0.05, 0.1) is 11.5 Å². The van der Waals surface area contributed by atoms with Crippen LogP contribution in [0.25, 0.3) is 0 Å². The highest BCUT2D eigenvalue weighted by atomic mass is 32.2. The lowest BCUT2D eigenvalue weighted by Crippen LogP contribution is -2.54. The Morgan fingerprint density at radius 1 is 1.31 bits per heavy atom. The Hall–Kier alpha value is -1.83. The monoisotopic (exact) mass is 379 g/mol. The van der Waals surface area contributed by atoms with Gasteiger partial charge in [-0.3, -0.25) is 4.99 Å². The molecule has 1 aromatic rings. The highest BCUT2D eigenvalue weighted by molar-refractivity contribution is 7.91. The second-order valence-corrected chi connectivity index (χ2v) is 9.62. The number of aliphatic imine (C=N–C) groups is 1. The predicted molar refractivity (Wildman–Crippen MR) is 105 cm³/mol. The molecule has 0 aromatic carbocycles. The van der Waals surface area contributed by atoms with Gasteiger partial charge in [-0.05, 0) is 38.3 Å². The van der Waals surface area contributed by atoms with Crippen molar-refractivity contribution in [1.82, 2.24) is 15.2 Å². The molecule has 0 spiro atoms. The predicted octanol–water partition coefficient (Wildman–Crippen LogP) is 0.992. The molecule has 0 radical (unpaired) electrons. The van der Waals surface area contributed by atoms with Crippen LogP contribution in [0, 0.1) is 5.92 Å². The number of pyridine rings is 1. The average Bonchev–Trinajstić information content (AvgIpc) is 2.98. The van der Waals surface area contributed by atoms with Gasteiger partial charge in [-0.1, -0.05) is 6.07 Å². The minimum Gasteiger partial charge on any atom is -0.354 e. The summed E-state index contributed by atoms with van der Waals surface area (Å²) < 4.78 is 23.3.